The van der Waals surface area contributed by atoms with Crippen LogP contribution < -0.4 is 0 Å². The number of benzene rings is 2. The summed E-state index contributed by atoms with van der Waals surface area (Å²) >= 11 is 7.66. The number of hydrogen-bond donors (Lipinski definition) is 1. The van der Waals surface area contributed by atoms with Crippen molar-refractivity contribution in [1.29, 1.82) is 5.41 Å². The number of aromatic nitrogens is 1. The third-order valence-corrected chi connectivity index (χ3v) is 7.34. The standard InChI is InChI=1S/C26H22ClN5OS/c1-14-7-5-8-18(11-14)25-30-32-23(28)20(24(33)29-26(32)34-25)13-19-12-15(2)31(17(19)4)22-10-6-9-21(27)16(22)3/h5-13,28H,1-4H3/b20-13-,28-23?. The molecule has 5 rings (SSSR count). The monoisotopic (exact) mass is 487 g/mol. The number of aliphatic imine (C=N–C) groups is 1. The quantitative estimate of drug-likeness (QED) is 0.458. The number of hydrazone groups is 1. The molecular formula is C26H22ClN5OS. The fourth-order valence-corrected chi connectivity index (χ4v) is 5.24. The molecule has 34 heavy (non-hydrogen) atoms. The molecule has 0 saturated heterocycles. The fourth-order valence-electron chi connectivity index (χ4n) is 4.19. The highest BCUT2D eigenvalue weighted by Crippen LogP contribution is 2.32. The number of fused-ring (bicyclic) bond motifs is 1. The van der Waals surface area contributed by atoms with Gasteiger partial charge in [0.15, 0.2) is 5.84 Å². The molecule has 2 aromatic carbocycles. The maximum absolute atomic E-state index is 12.9. The predicted molar refractivity (Wildman–Crippen MR) is 140 cm³/mol. The van der Waals surface area contributed by atoms with Crippen LogP contribution in [0, 0.1) is 33.1 Å². The molecule has 3 aromatic rings. The Hall–Kier alpha value is -3.42. The summed E-state index contributed by atoms with van der Waals surface area (Å²) in [6.07, 6.45) is 1.73. The van der Waals surface area contributed by atoms with Gasteiger partial charge in [-0.15, -0.1) is 0 Å². The van der Waals surface area contributed by atoms with Gasteiger partial charge in [0.25, 0.3) is 5.91 Å². The van der Waals surface area contributed by atoms with E-state index in [0.717, 1.165) is 44.4 Å². The van der Waals surface area contributed by atoms with E-state index in [2.05, 4.69) is 14.7 Å². The Morgan fingerprint density at radius 1 is 1.06 bits per heavy atom. The summed E-state index contributed by atoms with van der Waals surface area (Å²) in [7, 11) is 0. The van der Waals surface area contributed by atoms with E-state index in [4.69, 9.17) is 17.0 Å². The zero-order chi connectivity index (χ0) is 24.1. The average Bonchev–Trinajstić information content (AvgIpc) is 3.34. The van der Waals surface area contributed by atoms with Crippen LogP contribution in [0.3, 0.4) is 0 Å². The van der Waals surface area contributed by atoms with E-state index in [9.17, 15) is 4.79 Å². The number of rotatable bonds is 3. The van der Waals surface area contributed by atoms with Crippen LogP contribution in [0.5, 0.6) is 0 Å². The van der Waals surface area contributed by atoms with Crippen LogP contribution in [-0.2, 0) is 4.79 Å². The molecule has 1 aromatic heterocycles. The van der Waals surface area contributed by atoms with E-state index in [-0.39, 0.29) is 11.4 Å². The zero-order valence-electron chi connectivity index (χ0n) is 19.2. The summed E-state index contributed by atoms with van der Waals surface area (Å²) in [5, 5.41) is 16.6. The molecule has 1 N–H and O–H groups in total. The number of nitrogens with zero attached hydrogens (tertiary/aromatic N) is 4. The van der Waals surface area contributed by atoms with Gasteiger partial charge in [0.05, 0.1) is 5.57 Å². The Kier molecular flexibility index (Phi) is 5.54. The summed E-state index contributed by atoms with van der Waals surface area (Å²) in [5.41, 5.74) is 7.03. The number of amidine groups is 2. The van der Waals surface area contributed by atoms with Gasteiger partial charge in [0.2, 0.25) is 5.17 Å². The molecule has 0 aliphatic carbocycles. The molecule has 0 saturated carbocycles. The number of halogens is 1. The molecule has 8 heteroatoms. The van der Waals surface area contributed by atoms with Crippen molar-refractivity contribution in [2.75, 3.05) is 0 Å². The van der Waals surface area contributed by atoms with Crippen molar-refractivity contribution in [3.8, 4) is 5.69 Å². The SMILES string of the molecule is Cc1cccc(C2=NN3C(=N)/C(=C/c4cc(C)n(-c5cccc(Cl)c5C)c4C)C(=O)N=C3S2)c1. The van der Waals surface area contributed by atoms with Crippen LogP contribution in [0.1, 0.15) is 33.6 Å². The minimum absolute atomic E-state index is 0.0221. The van der Waals surface area contributed by atoms with Crippen molar-refractivity contribution in [3.63, 3.8) is 0 Å². The molecule has 170 valence electrons. The summed E-state index contributed by atoms with van der Waals surface area (Å²) < 4.78 is 2.11. The van der Waals surface area contributed by atoms with E-state index >= 15 is 0 Å². The first-order valence-corrected chi connectivity index (χ1v) is 12.0. The Bertz CT molecular complexity index is 1480. The highest BCUT2D eigenvalue weighted by atomic mass is 35.5. The van der Waals surface area contributed by atoms with Gasteiger partial charge >= 0.3 is 0 Å². The average molecular weight is 488 g/mol. The Balaban J connectivity index is 1.53. The van der Waals surface area contributed by atoms with Crippen molar-refractivity contribution in [3.05, 3.63) is 92.8 Å². The summed E-state index contributed by atoms with van der Waals surface area (Å²) in [4.78, 5) is 17.1. The second-order valence-electron chi connectivity index (χ2n) is 8.34. The van der Waals surface area contributed by atoms with Crippen LogP contribution in [0.2, 0.25) is 5.02 Å². The van der Waals surface area contributed by atoms with Gasteiger partial charge in [-0.1, -0.05) is 41.4 Å². The van der Waals surface area contributed by atoms with Gasteiger partial charge in [-0.05, 0) is 80.9 Å². The van der Waals surface area contributed by atoms with Crippen LogP contribution >= 0.6 is 23.4 Å². The van der Waals surface area contributed by atoms with Crippen molar-refractivity contribution in [2.45, 2.75) is 27.7 Å². The van der Waals surface area contributed by atoms with Crippen molar-refractivity contribution >= 4 is 51.4 Å². The third kappa shape index (κ3) is 3.71. The molecule has 6 nitrogen and oxygen atoms in total. The van der Waals surface area contributed by atoms with E-state index in [1.807, 2.05) is 76.2 Å². The van der Waals surface area contributed by atoms with Gasteiger partial charge < -0.3 is 4.57 Å². The highest BCUT2D eigenvalue weighted by Gasteiger charge is 2.36. The molecule has 0 spiro atoms. The Morgan fingerprint density at radius 3 is 2.59 bits per heavy atom. The lowest BCUT2D eigenvalue weighted by atomic mass is 10.1. The fraction of sp³-hybridized carbons (Fsp3) is 0.154. The highest BCUT2D eigenvalue weighted by molar-refractivity contribution is 8.27. The third-order valence-electron chi connectivity index (χ3n) is 5.97. The zero-order valence-corrected chi connectivity index (χ0v) is 20.8. The second-order valence-corrected chi connectivity index (χ2v) is 9.70. The predicted octanol–water partition coefficient (Wildman–Crippen LogP) is 6.03. The van der Waals surface area contributed by atoms with Crippen LogP contribution in [0.15, 0.2) is 64.2 Å². The van der Waals surface area contributed by atoms with Gasteiger partial charge in [-0.25, -0.2) is 0 Å². The number of aryl methyl sites for hydroxylation is 2. The topological polar surface area (TPSA) is 73.8 Å². The molecule has 0 unspecified atom stereocenters. The molecule has 2 aliphatic heterocycles. The molecule has 0 fully saturated rings. The van der Waals surface area contributed by atoms with Gasteiger partial charge in [-0.3, -0.25) is 10.2 Å². The smallest absolute Gasteiger partial charge is 0.283 e. The van der Waals surface area contributed by atoms with Crippen LogP contribution in [-0.4, -0.2) is 31.5 Å². The van der Waals surface area contributed by atoms with Gasteiger partial charge in [-0.2, -0.15) is 15.1 Å². The number of thioether (sulfide) groups is 1. The number of carbonyl (C=O) groups is 1. The lowest BCUT2D eigenvalue weighted by molar-refractivity contribution is -0.114. The van der Waals surface area contributed by atoms with E-state index < -0.39 is 5.91 Å². The van der Waals surface area contributed by atoms with Crippen molar-refractivity contribution in [1.82, 2.24) is 9.58 Å². The molecule has 0 bridgehead atoms. The number of carbonyl (C=O) groups excluding carboxylic acids is 1. The second kappa shape index (κ2) is 8.42. The minimum Gasteiger partial charge on any atom is -0.318 e. The summed E-state index contributed by atoms with van der Waals surface area (Å²) in [6.45, 7) is 8.00. The normalized spacial score (nSPS) is 16.7. The van der Waals surface area contributed by atoms with Gasteiger partial charge in [0.1, 0.15) is 5.04 Å². The molecule has 0 atom stereocenters. The first-order chi connectivity index (χ1) is 16.2. The number of amides is 1. The summed E-state index contributed by atoms with van der Waals surface area (Å²) in [6, 6.07) is 15.8. The van der Waals surface area contributed by atoms with E-state index in [0.29, 0.717) is 10.2 Å². The number of nitrogens with one attached hydrogen (secondary N) is 1. The maximum atomic E-state index is 12.9. The van der Waals surface area contributed by atoms with Gasteiger partial charge in [0, 0.05) is 27.7 Å². The largest absolute Gasteiger partial charge is 0.318 e. The van der Waals surface area contributed by atoms with Crippen LogP contribution in [0.4, 0.5) is 0 Å². The van der Waals surface area contributed by atoms with E-state index in [1.165, 1.54) is 16.8 Å². The maximum Gasteiger partial charge on any atom is 0.283 e. The first kappa shape index (κ1) is 22.4. The minimum atomic E-state index is -0.437. The summed E-state index contributed by atoms with van der Waals surface area (Å²) in [5.74, 6) is -0.415. The lowest BCUT2D eigenvalue weighted by Gasteiger charge is -2.20. The van der Waals surface area contributed by atoms with E-state index in [1.54, 1.807) is 6.08 Å². The molecule has 2 aliphatic rings. The van der Waals surface area contributed by atoms with Crippen LogP contribution in [0.25, 0.3) is 11.8 Å². The Morgan fingerprint density at radius 2 is 1.82 bits per heavy atom. The molecule has 0 radical (unpaired) electrons. The Labute approximate surface area is 207 Å². The lowest BCUT2D eigenvalue weighted by Crippen LogP contribution is -2.35. The first-order valence-electron chi connectivity index (χ1n) is 10.8. The van der Waals surface area contributed by atoms with Crippen molar-refractivity contribution in [2.24, 2.45) is 10.1 Å². The number of hydrogen-bond acceptors (Lipinski definition) is 4. The molecular weight excluding hydrogens is 466 g/mol. The molecule has 1 amide bonds. The molecule has 3 heterocycles. The van der Waals surface area contributed by atoms with Crippen molar-refractivity contribution < 1.29 is 4.79 Å².